The summed E-state index contributed by atoms with van der Waals surface area (Å²) >= 11 is 6.23. The van der Waals surface area contributed by atoms with Crippen LogP contribution < -0.4 is 5.32 Å². The summed E-state index contributed by atoms with van der Waals surface area (Å²) in [4.78, 5) is 15.3. The molecule has 1 amide bonds. The number of benzene rings is 2. The lowest BCUT2D eigenvalue weighted by molar-refractivity contribution is 0.0935. The van der Waals surface area contributed by atoms with Crippen LogP contribution >= 0.6 is 11.6 Å². The maximum atomic E-state index is 13.3. The van der Waals surface area contributed by atoms with Crippen molar-refractivity contribution in [2.45, 2.75) is 13.0 Å². The van der Waals surface area contributed by atoms with Crippen LogP contribution in [0.2, 0.25) is 5.02 Å². The second-order valence-electron chi connectivity index (χ2n) is 5.23. The molecule has 0 saturated heterocycles. The van der Waals surface area contributed by atoms with Crippen molar-refractivity contribution in [1.82, 2.24) is 10.3 Å². The van der Waals surface area contributed by atoms with Crippen LogP contribution in [0.15, 0.2) is 42.5 Å². The average Bonchev–Trinajstić information content (AvgIpc) is 2.87. The maximum Gasteiger partial charge on any atom is 0.269 e. The number of hydrogen-bond acceptors (Lipinski definition) is 1. The van der Waals surface area contributed by atoms with Crippen molar-refractivity contribution in [2.75, 3.05) is 0 Å². The van der Waals surface area contributed by atoms with E-state index in [9.17, 15) is 13.6 Å². The van der Waals surface area contributed by atoms with E-state index in [1.165, 1.54) is 6.07 Å². The first-order valence-electron chi connectivity index (χ1n) is 6.99. The Kier molecular flexibility index (Phi) is 4.05. The number of H-pyrrole nitrogens is 1. The Morgan fingerprint density at radius 1 is 1.17 bits per heavy atom. The molecule has 0 fully saturated rings. The van der Waals surface area contributed by atoms with Crippen molar-refractivity contribution in [3.8, 4) is 0 Å². The Labute approximate surface area is 136 Å². The molecule has 0 radical (unpaired) electrons. The summed E-state index contributed by atoms with van der Waals surface area (Å²) < 4.78 is 26.3. The molecule has 6 heteroatoms. The third-order valence-corrected chi connectivity index (χ3v) is 4.05. The van der Waals surface area contributed by atoms with Gasteiger partial charge in [0.2, 0.25) is 0 Å². The highest BCUT2D eigenvalue weighted by Gasteiger charge is 2.19. The van der Waals surface area contributed by atoms with Crippen molar-refractivity contribution in [2.24, 2.45) is 0 Å². The lowest BCUT2D eigenvalue weighted by atomic mass is 10.1. The van der Waals surface area contributed by atoms with Gasteiger partial charge in [-0.15, -0.1) is 0 Å². The second kappa shape index (κ2) is 6.01. The van der Waals surface area contributed by atoms with E-state index in [2.05, 4.69) is 10.3 Å². The highest BCUT2D eigenvalue weighted by atomic mass is 35.5. The number of aromatic amines is 1. The molecule has 0 aliphatic rings. The molecule has 1 aromatic heterocycles. The van der Waals surface area contributed by atoms with E-state index in [0.717, 1.165) is 23.0 Å². The Bertz CT molecular complexity index is 891. The van der Waals surface area contributed by atoms with E-state index in [1.807, 2.05) is 24.3 Å². The summed E-state index contributed by atoms with van der Waals surface area (Å²) in [5, 5.41) is 3.80. The number of carbonyl (C=O) groups excluding carboxylic acids is 1. The van der Waals surface area contributed by atoms with Crippen LogP contribution in [0.4, 0.5) is 8.78 Å². The molecule has 3 rings (SSSR count). The largest absolute Gasteiger partial charge is 0.349 e. The molecule has 0 unspecified atom stereocenters. The Morgan fingerprint density at radius 2 is 1.91 bits per heavy atom. The Hall–Kier alpha value is -2.40. The molecular weight excluding hydrogens is 322 g/mol. The number of aromatic nitrogens is 1. The van der Waals surface area contributed by atoms with E-state index in [4.69, 9.17) is 11.6 Å². The zero-order valence-corrected chi connectivity index (χ0v) is 12.9. The molecule has 118 valence electrons. The van der Waals surface area contributed by atoms with Gasteiger partial charge in [-0.05, 0) is 30.7 Å². The van der Waals surface area contributed by atoms with Crippen LogP contribution in [-0.2, 0) is 0 Å². The van der Waals surface area contributed by atoms with Gasteiger partial charge in [0, 0.05) is 10.9 Å². The van der Waals surface area contributed by atoms with Gasteiger partial charge in [-0.1, -0.05) is 35.9 Å². The van der Waals surface area contributed by atoms with Gasteiger partial charge in [0.25, 0.3) is 5.91 Å². The van der Waals surface area contributed by atoms with Gasteiger partial charge in [0.15, 0.2) is 11.6 Å². The zero-order chi connectivity index (χ0) is 16.6. The predicted molar refractivity (Wildman–Crippen MR) is 85.5 cm³/mol. The van der Waals surface area contributed by atoms with Crippen molar-refractivity contribution >= 4 is 28.4 Å². The molecule has 1 atom stereocenters. The average molecular weight is 335 g/mol. The van der Waals surface area contributed by atoms with E-state index < -0.39 is 23.6 Å². The fraction of sp³-hybridized carbons (Fsp3) is 0.118. The van der Waals surface area contributed by atoms with Gasteiger partial charge < -0.3 is 10.3 Å². The summed E-state index contributed by atoms with van der Waals surface area (Å²) in [7, 11) is 0. The van der Waals surface area contributed by atoms with E-state index in [0.29, 0.717) is 10.6 Å². The number of hydrogen-bond donors (Lipinski definition) is 2. The zero-order valence-electron chi connectivity index (χ0n) is 12.2. The predicted octanol–water partition coefficient (Wildman–Crippen LogP) is 4.59. The first kappa shape index (κ1) is 15.5. The van der Waals surface area contributed by atoms with Gasteiger partial charge >= 0.3 is 0 Å². The second-order valence-corrected chi connectivity index (χ2v) is 5.61. The summed E-state index contributed by atoms with van der Waals surface area (Å²) in [6.45, 7) is 1.68. The smallest absolute Gasteiger partial charge is 0.269 e. The third-order valence-electron chi connectivity index (χ3n) is 3.66. The fourth-order valence-electron chi connectivity index (χ4n) is 2.40. The molecule has 0 spiro atoms. The number of carbonyl (C=O) groups is 1. The molecule has 2 aromatic carbocycles. The molecule has 0 saturated carbocycles. The van der Waals surface area contributed by atoms with Gasteiger partial charge in [0.1, 0.15) is 5.69 Å². The van der Waals surface area contributed by atoms with Crippen molar-refractivity contribution in [3.05, 3.63) is 70.4 Å². The molecule has 3 aromatic rings. The topological polar surface area (TPSA) is 44.9 Å². The van der Waals surface area contributed by atoms with Crippen LogP contribution in [0.1, 0.15) is 29.0 Å². The first-order valence-corrected chi connectivity index (χ1v) is 7.37. The molecule has 3 nitrogen and oxygen atoms in total. The standard InChI is InChI=1S/C17H13ClF2N2O/c1-9(10-6-7-12(19)13(20)8-10)21-17(23)16-15(18)11-4-2-3-5-14(11)22-16/h2-9,22H,1H3,(H,21,23)/t9-/m1/s1. The first-order chi connectivity index (χ1) is 11.0. The van der Waals surface area contributed by atoms with Crippen LogP contribution in [0.3, 0.4) is 0 Å². The van der Waals surface area contributed by atoms with Crippen molar-refractivity contribution < 1.29 is 13.6 Å². The Morgan fingerprint density at radius 3 is 2.61 bits per heavy atom. The minimum Gasteiger partial charge on any atom is -0.349 e. The highest BCUT2D eigenvalue weighted by molar-refractivity contribution is 6.38. The van der Waals surface area contributed by atoms with Gasteiger partial charge in [-0.25, -0.2) is 8.78 Å². The number of halogens is 3. The lowest BCUT2D eigenvalue weighted by Crippen LogP contribution is -2.27. The number of amides is 1. The minimum atomic E-state index is -0.952. The molecule has 0 aliphatic carbocycles. The SMILES string of the molecule is C[C@@H](NC(=O)c1[nH]c2ccccc2c1Cl)c1ccc(F)c(F)c1. The van der Waals surface area contributed by atoms with Crippen LogP contribution in [-0.4, -0.2) is 10.9 Å². The summed E-state index contributed by atoms with van der Waals surface area (Å²) in [6.07, 6.45) is 0. The number of para-hydroxylation sites is 1. The fourth-order valence-corrected chi connectivity index (χ4v) is 2.70. The van der Waals surface area contributed by atoms with Crippen LogP contribution in [0.5, 0.6) is 0 Å². The van der Waals surface area contributed by atoms with E-state index in [1.54, 1.807) is 6.92 Å². The highest BCUT2D eigenvalue weighted by Crippen LogP contribution is 2.27. The minimum absolute atomic E-state index is 0.238. The van der Waals surface area contributed by atoms with Gasteiger partial charge in [-0.2, -0.15) is 0 Å². The van der Waals surface area contributed by atoms with E-state index >= 15 is 0 Å². The summed E-state index contributed by atoms with van der Waals surface area (Å²) in [6, 6.07) is 10.3. The lowest BCUT2D eigenvalue weighted by Gasteiger charge is -2.14. The van der Waals surface area contributed by atoms with Crippen LogP contribution in [0.25, 0.3) is 10.9 Å². The number of nitrogens with one attached hydrogen (secondary N) is 2. The molecular formula is C17H13ClF2N2O. The van der Waals surface area contributed by atoms with E-state index in [-0.39, 0.29) is 5.69 Å². The Balaban J connectivity index is 1.85. The van der Waals surface area contributed by atoms with Crippen molar-refractivity contribution in [1.29, 1.82) is 0 Å². The monoisotopic (exact) mass is 334 g/mol. The number of rotatable bonds is 3. The summed E-state index contributed by atoms with van der Waals surface area (Å²) in [5.74, 6) is -2.29. The number of fused-ring (bicyclic) bond motifs is 1. The van der Waals surface area contributed by atoms with Crippen molar-refractivity contribution in [3.63, 3.8) is 0 Å². The van der Waals surface area contributed by atoms with Gasteiger partial charge in [-0.3, -0.25) is 4.79 Å². The molecule has 2 N–H and O–H groups in total. The quantitative estimate of drug-likeness (QED) is 0.723. The molecule has 23 heavy (non-hydrogen) atoms. The molecule has 1 heterocycles. The summed E-state index contributed by atoms with van der Waals surface area (Å²) in [5.41, 5.74) is 1.45. The maximum absolute atomic E-state index is 13.3. The third kappa shape index (κ3) is 2.92. The normalized spacial score (nSPS) is 12.3. The molecule has 0 bridgehead atoms. The van der Waals surface area contributed by atoms with Crippen LogP contribution in [0, 0.1) is 11.6 Å². The van der Waals surface area contributed by atoms with Gasteiger partial charge in [0.05, 0.1) is 11.1 Å². The molecule has 0 aliphatic heterocycles.